The maximum atomic E-state index is 12.9. The number of amides is 1. The van der Waals surface area contributed by atoms with Gasteiger partial charge in [0.05, 0.1) is 11.7 Å². The van der Waals surface area contributed by atoms with Crippen LogP contribution in [-0.2, 0) is 14.3 Å². The van der Waals surface area contributed by atoms with E-state index in [-0.39, 0.29) is 23.2 Å². The molecule has 0 saturated heterocycles. The fourth-order valence-electron chi connectivity index (χ4n) is 6.43. The zero-order chi connectivity index (χ0) is 22.5. The lowest BCUT2D eigenvalue weighted by molar-refractivity contribution is -0.134. The van der Waals surface area contributed by atoms with Gasteiger partial charge in [0, 0.05) is 11.2 Å². The van der Waals surface area contributed by atoms with Crippen molar-refractivity contribution >= 4 is 17.8 Å². The number of aromatic amines is 1. The van der Waals surface area contributed by atoms with Gasteiger partial charge in [-0.3, -0.25) is 4.79 Å². The minimum atomic E-state index is -0.908. The molecule has 31 heavy (non-hydrogen) atoms. The summed E-state index contributed by atoms with van der Waals surface area (Å²) in [6.45, 7) is 8.54. The third kappa shape index (κ3) is 4.23. The van der Waals surface area contributed by atoms with E-state index in [0.717, 1.165) is 37.0 Å². The number of carbonyl (C=O) groups excluding carboxylic acids is 3. The summed E-state index contributed by atoms with van der Waals surface area (Å²) in [5.74, 6) is 0.801. The van der Waals surface area contributed by atoms with E-state index in [4.69, 9.17) is 9.47 Å². The lowest BCUT2D eigenvalue weighted by Crippen LogP contribution is -2.61. The van der Waals surface area contributed by atoms with Gasteiger partial charge in [0.25, 0.3) is 5.91 Å². The predicted molar refractivity (Wildman–Crippen MR) is 115 cm³/mol. The molecule has 7 nitrogen and oxygen atoms in total. The lowest BCUT2D eigenvalue weighted by Gasteiger charge is -2.57. The first-order chi connectivity index (χ1) is 14.6. The summed E-state index contributed by atoms with van der Waals surface area (Å²) >= 11 is 0. The van der Waals surface area contributed by atoms with Crippen LogP contribution in [0.4, 0.5) is 0 Å². The van der Waals surface area contributed by atoms with Crippen LogP contribution < -0.4 is 5.32 Å². The average molecular weight is 431 g/mol. The maximum Gasteiger partial charge on any atom is 0.355 e. The van der Waals surface area contributed by atoms with Crippen LogP contribution >= 0.6 is 0 Å². The molecular weight excluding hydrogens is 396 g/mol. The Hall–Kier alpha value is -2.31. The van der Waals surface area contributed by atoms with Crippen molar-refractivity contribution in [3.63, 3.8) is 0 Å². The van der Waals surface area contributed by atoms with E-state index >= 15 is 0 Å². The Bertz CT molecular complexity index is 865. The Kier molecular flexibility index (Phi) is 5.64. The van der Waals surface area contributed by atoms with Gasteiger partial charge in [-0.15, -0.1) is 0 Å². The molecule has 0 spiro atoms. The van der Waals surface area contributed by atoms with E-state index in [1.165, 1.54) is 19.3 Å². The molecule has 0 aliphatic heterocycles. The zero-order valence-electron chi connectivity index (χ0n) is 19.2. The molecule has 1 atom stereocenters. The second-order valence-corrected chi connectivity index (χ2v) is 10.3. The minimum Gasteiger partial charge on any atom is -0.459 e. The molecule has 7 heteroatoms. The Morgan fingerprint density at radius 3 is 2.00 bits per heavy atom. The van der Waals surface area contributed by atoms with E-state index in [9.17, 15) is 14.4 Å². The first-order valence-corrected chi connectivity index (χ1v) is 11.5. The number of nitrogens with one attached hydrogen (secondary N) is 2. The second-order valence-electron chi connectivity index (χ2n) is 10.3. The molecule has 2 N–H and O–H groups in total. The molecule has 0 radical (unpaired) electrons. The van der Waals surface area contributed by atoms with Gasteiger partial charge in [-0.1, -0.05) is 0 Å². The SMILES string of the molecule is Cc1[nH]c(C(=O)O[C@@H](C)C(=O)NC23CC4CC(CC(C4)C2)C3)c(C)c1C(=O)OC(C)C. The van der Waals surface area contributed by atoms with Crippen molar-refractivity contribution in [1.29, 1.82) is 0 Å². The van der Waals surface area contributed by atoms with Gasteiger partial charge < -0.3 is 19.8 Å². The van der Waals surface area contributed by atoms with Crippen LogP contribution in [-0.4, -0.2) is 40.6 Å². The first-order valence-electron chi connectivity index (χ1n) is 11.5. The molecule has 4 fully saturated rings. The number of aryl methyl sites for hydroxylation is 1. The van der Waals surface area contributed by atoms with Crippen LogP contribution in [0.3, 0.4) is 0 Å². The molecule has 0 aromatic carbocycles. The van der Waals surface area contributed by atoms with Crippen LogP contribution in [0.25, 0.3) is 0 Å². The fourth-order valence-corrected chi connectivity index (χ4v) is 6.43. The Balaban J connectivity index is 1.41. The number of rotatable bonds is 6. The molecule has 170 valence electrons. The Labute approximate surface area is 183 Å². The summed E-state index contributed by atoms with van der Waals surface area (Å²) in [5.41, 5.74) is 1.41. The van der Waals surface area contributed by atoms with Gasteiger partial charge in [-0.25, -0.2) is 9.59 Å². The monoisotopic (exact) mass is 430 g/mol. The largest absolute Gasteiger partial charge is 0.459 e. The summed E-state index contributed by atoms with van der Waals surface area (Å²) in [4.78, 5) is 41.0. The van der Waals surface area contributed by atoms with Crippen LogP contribution in [0.15, 0.2) is 0 Å². The number of esters is 2. The molecular formula is C24H34N2O5. The minimum absolute atomic E-state index is 0.126. The molecule has 4 aliphatic rings. The lowest BCUT2D eigenvalue weighted by atomic mass is 9.53. The number of carbonyl (C=O) groups is 3. The smallest absolute Gasteiger partial charge is 0.355 e. The number of hydrogen-bond acceptors (Lipinski definition) is 5. The van der Waals surface area contributed by atoms with E-state index in [2.05, 4.69) is 10.3 Å². The van der Waals surface area contributed by atoms with Crippen LogP contribution in [0, 0.1) is 31.6 Å². The van der Waals surface area contributed by atoms with Crippen molar-refractivity contribution in [1.82, 2.24) is 10.3 Å². The molecule has 4 aliphatic carbocycles. The summed E-state index contributed by atoms with van der Waals surface area (Å²) in [5, 5.41) is 3.25. The van der Waals surface area contributed by atoms with Crippen molar-refractivity contribution in [2.45, 2.75) is 90.9 Å². The highest BCUT2D eigenvalue weighted by Crippen LogP contribution is 2.55. The highest BCUT2D eigenvalue weighted by molar-refractivity contribution is 5.99. The zero-order valence-corrected chi connectivity index (χ0v) is 19.2. The van der Waals surface area contributed by atoms with Crippen LogP contribution in [0.5, 0.6) is 0 Å². The van der Waals surface area contributed by atoms with Gasteiger partial charge in [0.15, 0.2) is 6.10 Å². The molecule has 1 amide bonds. The van der Waals surface area contributed by atoms with Crippen molar-refractivity contribution in [3.05, 3.63) is 22.5 Å². The quantitative estimate of drug-likeness (QED) is 0.669. The number of hydrogen-bond donors (Lipinski definition) is 2. The normalized spacial score (nSPS) is 29.7. The molecule has 4 bridgehead atoms. The highest BCUT2D eigenvalue weighted by atomic mass is 16.6. The van der Waals surface area contributed by atoms with Crippen molar-refractivity contribution in [3.8, 4) is 0 Å². The van der Waals surface area contributed by atoms with Crippen molar-refractivity contribution in [2.24, 2.45) is 17.8 Å². The molecule has 5 rings (SSSR count). The molecule has 0 unspecified atom stereocenters. The summed E-state index contributed by atoms with van der Waals surface area (Å²) in [7, 11) is 0. The van der Waals surface area contributed by atoms with Gasteiger partial charge in [-0.05, 0) is 96.5 Å². The Morgan fingerprint density at radius 2 is 1.48 bits per heavy atom. The summed E-state index contributed by atoms with van der Waals surface area (Å²) in [6.07, 6.45) is 5.86. The second kappa shape index (κ2) is 7.99. The summed E-state index contributed by atoms with van der Waals surface area (Å²) < 4.78 is 10.8. The van der Waals surface area contributed by atoms with Gasteiger partial charge in [0.1, 0.15) is 5.69 Å². The molecule has 4 saturated carbocycles. The van der Waals surface area contributed by atoms with Gasteiger partial charge in [0.2, 0.25) is 0 Å². The Morgan fingerprint density at radius 1 is 0.935 bits per heavy atom. The number of H-pyrrole nitrogens is 1. The third-order valence-corrected chi connectivity index (χ3v) is 7.27. The highest BCUT2D eigenvalue weighted by Gasteiger charge is 2.51. The maximum absolute atomic E-state index is 12.9. The standard InChI is InChI=1S/C24H34N2O5/c1-12(2)30-22(28)19-13(3)20(25-14(19)4)23(29)31-15(5)21(27)26-24-9-16-6-17(10-24)8-18(7-16)11-24/h12,15-18,25H,6-11H2,1-5H3,(H,26,27)/t15-,16?,17?,18?,24?/m0/s1. The van der Waals surface area contributed by atoms with Gasteiger partial charge >= 0.3 is 11.9 Å². The van der Waals surface area contributed by atoms with Crippen molar-refractivity contribution < 1.29 is 23.9 Å². The molecule has 1 heterocycles. The van der Waals surface area contributed by atoms with E-state index < -0.39 is 18.0 Å². The van der Waals surface area contributed by atoms with Crippen LogP contribution in [0.2, 0.25) is 0 Å². The van der Waals surface area contributed by atoms with E-state index in [0.29, 0.717) is 16.8 Å². The molecule has 1 aromatic rings. The van der Waals surface area contributed by atoms with Crippen molar-refractivity contribution in [2.75, 3.05) is 0 Å². The first kappa shape index (κ1) is 21.9. The third-order valence-electron chi connectivity index (χ3n) is 7.27. The average Bonchev–Trinajstić information content (AvgIpc) is 2.93. The number of aromatic nitrogens is 1. The van der Waals surface area contributed by atoms with E-state index in [1.807, 2.05) is 0 Å². The number of ether oxygens (including phenoxy) is 2. The fraction of sp³-hybridized carbons (Fsp3) is 0.708. The predicted octanol–water partition coefficient (Wildman–Crippen LogP) is 3.83. The summed E-state index contributed by atoms with van der Waals surface area (Å²) in [6, 6.07) is 0. The molecule has 1 aromatic heterocycles. The van der Waals surface area contributed by atoms with E-state index in [1.54, 1.807) is 34.6 Å². The van der Waals surface area contributed by atoms with Gasteiger partial charge in [-0.2, -0.15) is 0 Å². The topological polar surface area (TPSA) is 97.5 Å². The van der Waals surface area contributed by atoms with Crippen LogP contribution in [0.1, 0.15) is 91.4 Å².